The van der Waals surface area contributed by atoms with Gasteiger partial charge < -0.3 is 24.6 Å². The lowest BCUT2D eigenvalue weighted by Gasteiger charge is -2.41. The first-order chi connectivity index (χ1) is 14.3. The van der Waals surface area contributed by atoms with E-state index in [9.17, 15) is 9.59 Å². The normalized spacial score (nSPS) is 24.0. The standard InChI is InChI=1S/C23H35N3O4/c1-25(2)16-23(11-13-30-14-12-23)15-24-22(28)19-9-10-20(27)26(3)21(19)17-5-7-18(29-4)8-6-17/h5-8,19,21H,9-16H2,1-4H3,(H,24,28). The van der Waals surface area contributed by atoms with Crippen molar-refractivity contribution >= 4 is 11.8 Å². The summed E-state index contributed by atoms with van der Waals surface area (Å²) in [5, 5.41) is 3.24. The molecule has 30 heavy (non-hydrogen) atoms. The quantitative estimate of drug-likeness (QED) is 0.736. The van der Waals surface area contributed by atoms with Crippen LogP contribution in [0.3, 0.4) is 0 Å². The largest absolute Gasteiger partial charge is 0.497 e. The third-order valence-corrected chi connectivity index (χ3v) is 6.50. The Labute approximate surface area is 179 Å². The van der Waals surface area contributed by atoms with Crippen LogP contribution in [0.5, 0.6) is 5.75 Å². The van der Waals surface area contributed by atoms with Gasteiger partial charge in [-0.05, 0) is 51.1 Å². The van der Waals surface area contributed by atoms with Crippen LogP contribution in [-0.2, 0) is 14.3 Å². The van der Waals surface area contributed by atoms with E-state index in [0.717, 1.165) is 43.9 Å². The number of carbonyl (C=O) groups excluding carboxylic acids is 2. The molecule has 2 heterocycles. The Kier molecular flexibility index (Phi) is 7.36. The molecule has 2 aliphatic rings. The van der Waals surface area contributed by atoms with Gasteiger partial charge in [-0.2, -0.15) is 0 Å². The second-order valence-electron chi connectivity index (χ2n) is 8.94. The molecule has 0 aromatic heterocycles. The van der Waals surface area contributed by atoms with Crippen molar-refractivity contribution in [3.8, 4) is 5.75 Å². The van der Waals surface area contributed by atoms with Gasteiger partial charge in [0.1, 0.15) is 5.75 Å². The molecule has 0 spiro atoms. The lowest BCUT2D eigenvalue weighted by atomic mass is 9.79. The predicted octanol–water partition coefficient (Wildman–Crippen LogP) is 2.08. The molecule has 0 saturated carbocycles. The molecule has 7 heteroatoms. The van der Waals surface area contributed by atoms with Crippen molar-refractivity contribution in [3.05, 3.63) is 29.8 Å². The molecule has 2 amide bonds. The highest BCUT2D eigenvalue weighted by molar-refractivity contribution is 5.85. The van der Waals surface area contributed by atoms with Gasteiger partial charge in [0, 0.05) is 45.2 Å². The van der Waals surface area contributed by atoms with Crippen LogP contribution >= 0.6 is 0 Å². The lowest BCUT2D eigenvalue weighted by molar-refractivity contribution is -0.142. The minimum atomic E-state index is -0.267. The SMILES string of the molecule is COc1ccc(C2C(C(=O)NCC3(CN(C)C)CCOCC3)CCC(=O)N2C)cc1. The maximum atomic E-state index is 13.3. The van der Waals surface area contributed by atoms with Crippen molar-refractivity contribution < 1.29 is 19.1 Å². The van der Waals surface area contributed by atoms with E-state index < -0.39 is 0 Å². The number of carbonyl (C=O) groups is 2. The molecule has 2 unspecified atom stereocenters. The van der Waals surface area contributed by atoms with Crippen molar-refractivity contribution in [2.24, 2.45) is 11.3 Å². The van der Waals surface area contributed by atoms with Crippen LogP contribution in [0.4, 0.5) is 0 Å². The van der Waals surface area contributed by atoms with E-state index in [1.165, 1.54) is 0 Å². The summed E-state index contributed by atoms with van der Waals surface area (Å²) in [6.07, 6.45) is 2.85. The average Bonchev–Trinajstić information content (AvgIpc) is 2.74. The Morgan fingerprint density at radius 1 is 1.27 bits per heavy atom. The number of rotatable bonds is 7. The van der Waals surface area contributed by atoms with Gasteiger partial charge in [0.05, 0.1) is 19.1 Å². The number of likely N-dealkylation sites (tertiary alicyclic amines) is 1. The van der Waals surface area contributed by atoms with Crippen LogP contribution in [-0.4, -0.2) is 76.2 Å². The second kappa shape index (κ2) is 9.79. The number of nitrogens with one attached hydrogen (secondary N) is 1. The zero-order valence-electron chi connectivity index (χ0n) is 18.6. The van der Waals surface area contributed by atoms with Gasteiger partial charge in [-0.3, -0.25) is 9.59 Å². The highest BCUT2D eigenvalue weighted by Crippen LogP contribution is 2.37. The molecule has 1 aromatic carbocycles. The van der Waals surface area contributed by atoms with E-state index >= 15 is 0 Å². The molecule has 2 fully saturated rings. The molecule has 0 bridgehead atoms. The van der Waals surface area contributed by atoms with Crippen LogP contribution in [0.2, 0.25) is 0 Å². The van der Waals surface area contributed by atoms with E-state index in [2.05, 4.69) is 24.3 Å². The third kappa shape index (κ3) is 5.13. The minimum absolute atomic E-state index is 0.0276. The summed E-state index contributed by atoms with van der Waals surface area (Å²) >= 11 is 0. The molecule has 0 radical (unpaired) electrons. The van der Waals surface area contributed by atoms with Crippen molar-refractivity contribution in [1.29, 1.82) is 0 Å². The first-order valence-corrected chi connectivity index (χ1v) is 10.7. The number of benzene rings is 1. The van der Waals surface area contributed by atoms with Crippen molar-refractivity contribution in [3.63, 3.8) is 0 Å². The van der Waals surface area contributed by atoms with Crippen molar-refractivity contribution in [1.82, 2.24) is 15.1 Å². The fraction of sp³-hybridized carbons (Fsp3) is 0.652. The lowest BCUT2D eigenvalue weighted by Crippen LogP contribution is -2.51. The Balaban J connectivity index is 1.75. The van der Waals surface area contributed by atoms with E-state index in [1.807, 2.05) is 24.3 Å². The topological polar surface area (TPSA) is 71.1 Å². The Morgan fingerprint density at radius 2 is 1.93 bits per heavy atom. The van der Waals surface area contributed by atoms with Gasteiger partial charge in [-0.1, -0.05) is 12.1 Å². The molecule has 0 aliphatic carbocycles. The summed E-state index contributed by atoms with van der Waals surface area (Å²) in [6, 6.07) is 7.39. The zero-order valence-corrected chi connectivity index (χ0v) is 18.6. The van der Waals surface area contributed by atoms with Crippen LogP contribution in [0.1, 0.15) is 37.3 Å². The average molecular weight is 418 g/mol. The molecule has 3 rings (SSSR count). The van der Waals surface area contributed by atoms with Gasteiger partial charge in [0.25, 0.3) is 0 Å². The smallest absolute Gasteiger partial charge is 0.225 e. The fourth-order valence-electron chi connectivity index (χ4n) is 4.84. The molecule has 166 valence electrons. The zero-order chi connectivity index (χ0) is 21.7. The first-order valence-electron chi connectivity index (χ1n) is 10.7. The van der Waals surface area contributed by atoms with Crippen LogP contribution in [0, 0.1) is 11.3 Å². The van der Waals surface area contributed by atoms with Gasteiger partial charge in [0.2, 0.25) is 11.8 Å². The third-order valence-electron chi connectivity index (χ3n) is 6.50. The monoisotopic (exact) mass is 417 g/mol. The number of nitrogens with zero attached hydrogens (tertiary/aromatic N) is 2. The Morgan fingerprint density at radius 3 is 2.53 bits per heavy atom. The molecule has 2 atom stereocenters. The number of methoxy groups -OCH3 is 1. The van der Waals surface area contributed by atoms with Gasteiger partial charge >= 0.3 is 0 Å². The summed E-state index contributed by atoms with van der Waals surface area (Å²) in [5.74, 6) is 0.597. The van der Waals surface area contributed by atoms with E-state index in [0.29, 0.717) is 19.4 Å². The maximum absolute atomic E-state index is 13.3. The molecule has 1 aromatic rings. The minimum Gasteiger partial charge on any atom is -0.497 e. The molecule has 7 nitrogen and oxygen atoms in total. The van der Waals surface area contributed by atoms with Crippen LogP contribution in [0.15, 0.2) is 24.3 Å². The van der Waals surface area contributed by atoms with Crippen LogP contribution < -0.4 is 10.1 Å². The van der Waals surface area contributed by atoms with Crippen molar-refractivity contribution in [2.75, 3.05) is 54.6 Å². The van der Waals surface area contributed by atoms with Crippen LogP contribution in [0.25, 0.3) is 0 Å². The van der Waals surface area contributed by atoms with Gasteiger partial charge in [-0.15, -0.1) is 0 Å². The van der Waals surface area contributed by atoms with Gasteiger partial charge in [0.15, 0.2) is 0 Å². The first kappa shape index (κ1) is 22.6. The maximum Gasteiger partial charge on any atom is 0.225 e. The number of hydrogen-bond acceptors (Lipinski definition) is 5. The highest BCUT2D eigenvalue weighted by atomic mass is 16.5. The molecular formula is C23H35N3O4. The fourth-order valence-corrected chi connectivity index (χ4v) is 4.84. The molecule has 1 N–H and O–H groups in total. The number of amides is 2. The Bertz CT molecular complexity index is 728. The molecular weight excluding hydrogens is 382 g/mol. The molecule has 2 aliphatic heterocycles. The predicted molar refractivity (Wildman–Crippen MR) is 115 cm³/mol. The summed E-state index contributed by atoms with van der Waals surface area (Å²) in [6.45, 7) is 3.02. The molecule has 2 saturated heterocycles. The van der Waals surface area contributed by atoms with E-state index in [-0.39, 0.29) is 29.2 Å². The Hall–Kier alpha value is -2.12. The van der Waals surface area contributed by atoms with E-state index in [4.69, 9.17) is 9.47 Å². The summed E-state index contributed by atoms with van der Waals surface area (Å²) in [5.41, 5.74) is 0.990. The number of ether oxygens (including phenoxy) is 2. The highest BCUT2D eigenvalue weighted by Gasteiger charge is 2.40. The number of piperidine rings is 1. The summed E-state index contributed by atoms with van der Waals surface area (Å²) < 4.78 is 10.8. The summed E-state index contributed by atoms with van der Waals surface area (Å²) in [7, 11) is 7.56. The summed E-state index contributed by atoms with van der Waals surface area (Å²) in [4.78, 5) is 29.6. The van der Waals surface area contributed by atoms with Crippen molar-refractivity contribution in [2.45, 2.75) is 31.7 Å². The van der Waals surface area contributed by atoms with Gasteiger partial charge in [-0.25, -0.2) is 0 Å². The number of hydrogen-bond donors (Lipinski definition) is 1. The van der Waals surface area contributed by atoms with E-state index in [1.54, 1.807) is 19.1 Å². The second-order valence-corrected chi connectivity index (χ2v) is 8.94.